The Morgan fingerprint density at radius 1 is 1.05 bits per heavy atom. The molecule has 0 radical (unpaired) electrons. The van der Waals surface area contributed by atoms with E-state index in [4.69, 9.17) is 4.74 Å². The van der Waals surface area contributed by atoms with Gasteiger partial charge in [-0.05, 0) is 49.2 Å². The van der Waals surface area contributed by atoms with Crippen molar-refractivity contribution in [1.82, 2.24) is 4.98 Å². The van der Waals surface area contributed by atoms with Crippen molar-refractivity contribution >= 4 is 16.6 Å². The molecule has 0 aliphatic rings. The number of pyridine rings is 1. The topological polar surface area (TPSA) is 34.1 Å². The lowest BCUT2D eigenvalue weighted by Gasteiger charge is -2.10. The molecule has 0 unspecified atom stereocenters. The van der Waals surface area contributed by atoms with Crippen LogP contribution in [0, 0.1) is 6.92 Å². The van der Waals surface area contributed by atoms with Crippen molar-refractivity contribution in [3.63, 3.8) is 0 Å². The van der Waals surface area contributed by atoms with Gasteiger partial charge in [0.1, 0.15) is 5.75 Å². The van der Waals surface area contributed by atoms with Crippen molar-refractivity contribution in [1.29, 1.82) is 0 Å². The number of aryl methyl sites for hydroxylation is 1. The number of fused-ring (bicyclic) bond motifs is 1. The van der Waals surface area contributed by atoms with Gasteiger partial charge in [0.15, 0.2) is 0 Å². The first-order chi connectivity index (χ1) is 10.8. The summed E-state index contributed by atoms with van der Waals surface area (Å²) in [6.07, 6.45) is 2.83. The molecule has 0 saturated carbocycles. The largest absolute Gasteiger partial charge is 0.497 e. The van der Waals surface area contributed by atoms with Gasteiger partial charge in [-0.3, -0.25) is 4.98 Å². The van der Waals surface area contributed by atoms with Crippen LogP contribution in [0.5, 0.6) is 5.75 Å². The molecule has 3 rings (SSSR count). The van der Waals surface area contributed by atoms with E-state index in [1.165, 1.54) is 16.5 Å². The van der Waals surface area contributed by atoms with Crippen molar-refractivity contribution in [2.75, 3.05) is 19.0 Å². The Bertz CT molecular complexity index is 766. The third kappa shape index (κ3) is 3.19. The van der Waals surface area contributed by atoms with Crippen molar-refractivity contribution in [2.45, 2.75) is 13.3 Å². The van der Waals surface area contributed by atoms with Crippen LogP contribution < -0.4 is 10.1 Å². The van der Waals surface area contributed by atoms with Crippen LogP contribution in [0.25, 0.3) is 10.9 Å². The minimum atomic E-state index is 0.888. The van der Waals surface area contributed by atoms with Crippen LogP contribution in [0.1, 0.15) is 11.1 Å². The summed E-state index contributed by atoms with van der Waals surface area (Å²) in [5.41, 5.74) is 4.71. The normalized spacial score (nSPS) is 10.6. The van der Waals surface area contributed by atoms with Gasteiger partial charge < -0.3 is 10.1 Å². The highest BCUT2D eigenvalue weighted by molar-refractivity contribution is 5.91. The highest BCUT2D eigenvalue weighted by atomic mass is 16.5. The second-order valence-electron chi connectivity index (χ2n) is 5.40. The lowest BCUT2D eigenvalue weighted by Crippen LogP contribution is -2.05. The minimum absolute atomic E-state index is 0.888. The molecular formula is C19H20N2O. The van der Waals surface area contributed by atoms with E-state index in [1.807, 2.05) is 24.4 Å². The summed E-state index contributed by atoms with van der Waals surface area (Å²) in [7, 11) is 1.69. The van der Waals surface area contributed by atoms with Crippen LogP contribution in [0.15, 0.2) is 54.7 Å². The van der Waals surface area contributed by atoms with E-state index in [-0.39, 0.29) is 0 Å². The number of nitrogens with one attached hydrogen (secondary N) is 1. The molecule has 0 amide bonds. The Kier molecular flexibility index (Phi) is 4.24. The number of methoxy groups -OCH3 is 1. The molecule has 0 saturated heterocycles. The van der Waals surface area contributed by atoms with E-state index in [9.17, 15) is 0 Å². The smallest absolute Gasteiger partial charge is 0.118 e. The lowest BCUT2D eigenvalue weighted by atomic mass is 10.1. The van der Waals surface area contributed by atoms with E-state index in [2.05, 4.69) is 47.6 Å². The molecule has 0 atom stereocenters. The highest BCUT2D eigenvalue weighted by Gasteiger charge is 2.02. The van der Waals surface area contributed by atoms with Crippen LogP contribution in [-0.4, -0.2) is 18.6 Å². The van der Waals surface area contributed by atoms with Crippen LogP contribution >= 0.6 is 0 Å². The van der Waals surface area contributed by atoms with E-state index in [0.717, 1.165) is 29.9 Å². The van der Waals surface area contributed by atoms with Gasteiger partial charge in [0.2, 0.25) is 0 Å². The Hall–Kier alpha value is -2.55. The molecular weight excluding hydrogens is 272 g/mol. The maximum absolute atomic E-state index is 5.18. The van der Waals surface area contributed by atoms with Crippen molar-refractivity contribution in [2.24, 2.45) is 0 Å². The van der Waals surface area contributed by atoms with Gasteiger partial charge in [0.25, 0.3) is 0 Å². The van der Waals surface area contributed by atoms with Crippen LogP contribution in [0.4, 0.5) is 5.69 Å². The first kappa shape index (κ1) is 14.4. The number of hydrogen-bond donors (Lipinski definition) is 1. The fourth-order valence-electron chi connectivity index (χ4n) is 2.55. The molecule has 0 fully saturated rings. The van der Waals surface area contributed by atoms with Gasteiger partial charge in [-0.25, -0.2) is 0 Å². The average Bonchev–Trinajstić information content (AvgIpc) is 2.56. The predicted molar refractivity (Wildman–Crippen MR) is 91.7 cm³/mol. The van der Waals surface area contributed by atoms with Crippen LogP contribution in [0.2, 0.25) is 0 Å². The first-order valence-electron chi connectivity index (χ1n) is 7.48. The summed E-state index contributed by atoms with van der Waals surface area (Å²) < 4.78 is 5.18. The summed E-state index contributed by atoms with van der Waals surface area (Å²) in [5.74, 6) is 0.896. The molecule has 0 spiro atoms. The maximum atomic E-state index is 5.18. The summed E-state index contributed by atoms with van der Waals surface area (Å²) in [6, 6.07) is 16.6. The van der Waals surface area contributed by atoms with E-state index in [0.29, 0.717) is 0 Å². The molecule has 112 valence electrons. The van der Waals surface area contributed by atoms with Gasteiger partial charge in [0, 0.05) is 23.8 Å². The number of rotatable bonds is 5. The lowest BCUT2D eigenvalue weighted by molar-refractivity contribution is 0.414. The quantitative estimate of drug-likeness (QED) is 0.765. The Morgan fingerprint density at radius 2 is 1.86 bits per heavy atom. The number of nitrogens with zero attached hydrogens (tertiary/aromatic N) is 1. The number of aromatic nitrogens is 1. The summed E-state index contributed by atoms with van der Waals surface area (Å²) >= 11 is 0. The van der Waals surface area contributed by atoms with Gasteiger partial charge in [0.05, 0.1) is 12.6 Å². The molecule has 3 nitrogen and oxygen atoms in total. The third-order valence-electron chi connectivity index (χ3n) is 3.79. The number of ether oxygens (including phenoxy) is 1. The molecule has 1 heterocycles. The number of benzene rings is 2. The fourth-order valence-corrected chi connectivity index (χ4v) is 2.55. The Morgan fingerprint density at radius 3 is 2.64 bits per heavy atom. The maximum Gasteiger partial charge on any atom is 0.118 e. The standard InChI is InChI=1S/C19H20N2O/c1-14-3-8-18-17(13-14)19(10-12-21-18)20-11-9-15-4-6-16(22-2)7-5-15/h3-8,10,12-13H,9,11H2,1-2H3,(H,20,21). The first-order valence-corrected chi connectivity index (χ1v) is 7.48. The molecule has 2 aromatic carbocycles. The van der Waals surface area contributed by atoms with Crippen molar-refractivity contribution in [3.05, 3.63) is 65.9 Å². The molecule has 0 bridgehead atoms. The van der Waals surface area contributed by atoms with Crippen LogP contribution in [0.3, 0.4) is 0 Å². The average molecular weight is 292 g/mol. The monoisotopic (exact) mass is 292 g/mol. The van der Waals surface area contributed by atoms with Gasteiger partial charge >= 0.3 is 0 Å². The molecule has 22 heavy (non-hydrogen) atoms. The Balaban J connectivity index is 1.69. The predicted octanol–water partition coefficient (Wildman–Crippen LogP) is 4.21. The minimum Gasteiger partial charge on any atom is -0.497 e. The summed E-state index contributed by atoms with van der Waals surface area (Å²) in [5, 5.41) is 4.70. The molecule has 1 N–H and O–H groups in total. The van der Waals surface area contributed by atoms with Gasteiger partial charge in [-0.15, -0.1) is 0 Å². The molecule has 3 heteroatoms. The zero-order valence-electron chi connectivity index (χ0n) is 13.0. The summed E-state index contributed by atoms with van der Waals surface area (Å²) in [6.45, 7) is 2.99. The zero-order valence-corrected chi connectivity index (χ0v) is 13.0. The van der Waals surface area contributed by atoms with Crippen LogP contribution in [-0.2, 0) is 6.42 Å². The van der Waals surface area contributed by atoms with E-state index < -0.39 is 0 Å². The van der Waals surface area contributed by atoms with Crippen molar-refractivity contribution < 1.29 is 4.74 Å². The molecule has 1 aromatic heterocycles. The van der Waals surface area contributed by atoms with Crippen molar-refractivity contribution in [3.8, 4) is 5.75 Å². The van der Waals surface area contributed by atoms with E-state index >= 15 is 0 Å². The molecule has 3 aromatic rings. The highest BCUT2D eigenvalue weighted by Crippen LogP contribution is 2.22. The van der Waals surface area contributed by atoms with Gasteiger partial charge in [-0.1, -0.05) is 23.8 Å². The number of hydrogen-bond acceptors (Lipinski definition) is 3. The van der Waals surface area contributed by atoms with Gasteiger partial charge in [-0.2, -0.15) is 0 Å². The zero-order chi connectivity index (χ0) is 15.4. The second kappa shape index (κ2) is 6.48. The second-order valence-corrected chi connectivity index (χ2v) is 5.40. The molecule has 0 aliphatic heterocycles. The molecule has 0 aliphatic carbocycles. The fraction of sp³-hybridized carbons (Fsp3) is 0.211. The Labute approximate surface area is 131 Å². The summed E-state index contributed by atoms with van der Waals surface area (Å²) in [4.78, 5) is 4.41. The number of anilines is 1. The SMILES string of the molecule is COc1ccc(CCNc2ccnc3ccc(C)cc23)cc1. The van der Waals surface area contributed by atoms with E-state index in [1.54, 1.807) is 7.11 Å². The third-order valence-corrected chi connectivity index (χ3v) is 3.79.